The molecule has 0 amide bonds. The highest BCUT2D eigenvalue weighted by molar-refractivity contribution is 9.09. The number of alkyl halides is 2. The summed E-state index contributed by atoms with van der Waals surface area (Å²) in [4.78, 5) is 22.2. The number of hydrogen-bond donors (Lipinski definition) is 0. The van der Waals surface area contributed by atoms with Gasteiger partial charge in [-0.05, 0) is 17.7 Å². The van der Waals surface area contributed by atoms with Gasteiger partial charge in [-0.25, -0.2) is 0 Å². The van der Waals surface area contributed by atoms with Crippen molar-refractivity contribution in [2.24, 2.45) is 0 Å². The maximum absolute atomic E-state index is 11.7. The maximum Gasteiger partial charge on any atom is 0.217 e. The lowest BCUT2D eigenvalue weighted by atomic mass is 10.1. The Hall–Kier alpha value is -1.07. The van der Waals surface area contributed by atoms with Crippen molar-refractivity contribution in [3.05, 3.63) is 23.8 Å². The number of ether oxygens (including phenoxy) is 2. The number of hydrogen-bond acceptors (Lipinski definition) is 4. The molecule has 1 rings (SSSR count). The first-order valence-corrected chi connectivity index (χ1v) is 6.49. The van der Waals surface area contributed by atoms with Gasteiger partial charge in [-0.3, -0.25) is 9.59 Å². The van der Waals surface area contributed by atoms with Crippen LogP contribution in [0.2, 0.25) is 0 Å². The summed E-state index contributed by atoms with van der Waals surface area (Å²) in [6.07, 6.45) is 0. The van der Waals surface area contributed by atoms with Gasteiger partial charge in [0.05, 0.1) is 20.1 Å². The summed E-state index contributed by atoms with van der Waals surface area (Å²) in [5.74, 6) is -0.498. The Labute approximate surface area is 118 Å². The van der Waals surface area contributed by atoms with Gasteiger partial charge in [0.25, 0.3) is 0 Å². The van der Waals surface area contributed by atoms with Crippen molar-refractivity contribution in [2.75, 3.05) is 20.1 Å². The van der Waals surface area contributed by atoms with E-state index in [2.05, 4.69) is 15.9 Å². The van der Waals surface area contributed by atoms with Crippen LogP contribution < -0.4 is 9.47 Å². The highest BCUT2D eigenvalue weighted by Gasteiger charge is 2.24. The molecule has 0 radical (unpaired) electrons. The Balaban J connectivity index is 3.03. The average molecular weight is 336 g/mol. The quantitative estimate of drug-likeness (QED) is 0.592. The lowest BCUT2D eigenvalue weighted by Gasteiger charge is -2.12. The van der Waals surface area contributed by atoms with Crippen LogP contribution in [0.25, 0.3) is 0 Å². The first-order chi connectivity index (χ1) is 8.54. The lowest BCUT2D eigenvalue weighted by Crippen LogP contribution is -2.19. The van der Waals surface area contributed by atoms with Gasteiger partial charge in [0.2, 0.25) is 11.6 Å². The van der Waals surface area contributed by atoms with E-state index < -0.39 is 16.4 Å². The number of Topliss-reactive ketones (excluding diaryl/α,β-unsaturated/α-hetero) is 2. The highest BCUT2D eigenvalue weighted by atomic mass is 79.9. The number of ketones is 2. The molecule has 0 aromatic heterocycles. The molecule has 0 N–H and O–H groups in total. The van der Waals surface area contributed by atoms with E-state index in [-0.39, 0.29) is 5.88 Å². The Morgan fingerprint density at radius 1 is 1.28 bits per heavy atom. The van der Waals surface area contributed by atoms with Crippen molar-refractivity contribution in [2.45, 2.75) is 4.83 Å². The molecule has 1 aromatic rings. The standard InChI is InChI=1S/C12H12BrClO4/c1-17-9-4-3-7(5-10(9)18-2)11(13)12(16)8(15)6-14/h3-5,11H,6H2,1-2H3. The fourth-order valence-corrected chi connectivity index (χ4v) is 2.04. The fourth-order valence-electron chi connectivity index (χ4n) is 1.37. The third-order valence-corrected chi connectivity index (χ3v) is 3.51. The molecule has 1 unspecified atom stereocenters. The summed E-state index contributed by atoms with van der Waals surface area (Å²) in [6.45, 7) is 0. The van der Waals surface area contributed by atoms with E-state index in [9.17, 15) is 9.59 Å². The van der Waals surface area contributed by atoms with E-state index in [0.717, 1.165) is 0 Å². The third-order valence-electron chi connectivity index (χ3n) is 2.33. The van der Waals surface area contributed by atoms with E-state index in [1.165, 1.54) is 14.2 Å². The zero-order valence-electron chi connectivity index (χ0n) is 9.91. The first kappa shape index (κ1) is 15.0. The van der Waals surface area contributed by atoms with Crippen molar-refractivity contribution >= 4 is 39.1 Å². The van der Waals surface area contributed by atoms with Crippen molar-refractivity contribution < 1.29 is 19.1 Å². The molecular weight excluding hydrogens is 323 g/mol. The molecule has 18 heavy (non-hydrogen) atoms. The van der Waals surface area contributed by atoms with E-state index in [4.69, 9.17) is 21.1 Å². The monoisotopic (exact) mass is 334 g/mol. The topological polar surface area (TPSA) is 52.6 Å². The fraction of sp³-hybridized carbons (Fsp3) is 0.333. The Morgan fingerprint density at radius 3 is 2.39 bits per heavy atom. The summed E-state index contributed by atoms with van der Waals surface area (Å²) >= 11 is 8.53. The van der Waals surface area contributed by atoms with Crippen molar-refractivity contribution in [3.8, 4) is 11.5 Å². The van der Waals surface area contributed by atoms with E-state index in [1.807, 2.05) is 0 Å². The minimum absolute atomic E-state index is 0.325. The van der Waals surface area contributed by atoms with Crippen LogP contribution in [-0.4, -0.2) is 31.7 Å². The second kappa shape index (κ2) is 6.75. The van der Waals surface area contributed by atoms with Crippen LogP contribution in [-0.2, 0) is 9.59 Å². The van der Waals surface area contributed by atoms with Crippen LogP contribution in [0.5, 0.6) is 11.5 Å². The molecule has 1 atom stereocenters. The lowest BCUT2D eigenvalue weighted by molar-refractivity contribution is -0.134. The largest absolute Gasteiger partial charge is 0.493 e. The summed E-state index contributed by atoms with van der Waals surface area (Å²) < 4.78 is 10.2. The number of benzene rings is 1. The molecule has 0 aliphatic heterocycles. The van der Waals surface area contributed by atoms with Gasteiger partial charge in [-0.1, -0.05) is 22.0 Å². The minimum atomic E-state index is -0.733. The summed E-state index contributed by atoms with van der Waals surface area (Å²) in [5.41, 5.74) is 0.608. The molecule has 0 aliphatic carbocycles. The predicted octanol–water partition coefficient (Wildman–Crippen LogP) is 2.52. The smallest absolute Gasteiger partial charge is 0.217 e. The van der Waals surface area contributed by atoms with Gasteiger partial charge in [0.15, 0.2) is 11.5 Å². The summed E-state index contributed by atoms with van der Waals surface area (Å²) in [6, 6.07) is 4.98. The Kier molecular flexibility index (Phi) is 5.62. The van der Waals surface area contributed by atoms with E-state index in [1.54, 1.807) is 18.2 Å². The SMILES string of the molecule is COc1ccc(C(Br)C(=O)C(=O)CCl)cc1OC. The molecule has 6 heteroatoms. The molecule has 0 spiro atoms. The number of halogens is 2. The molecular formula is C12H12BrClO4. The van der Waals surface area contributed by atoms with Crippen molar-refractivity contribution in [1.82, 2.24) is 0 Å². The molecule has 0 aliphatic rings. The zero-order chi connectivity index (χ0) is 13.7. The Bertz CT molecular complexity index is 461. The van der Waals surface area contributed by atoms with Gasteiger partial charge in [0.1, 0.15) is 4.83 Å². The van der Waals surface area contributed by atoms with Gasteiger partial charge in [-0.2, -0.15) is 0 Å². The second-order valence-electron chi connectivity index (χ2n) is 3.40. The second-order valence-corrected chi connectivity index (χ2v) is 4.58. The number of methoxy groups -OCH3 is 2. The normalized spacial score (nSPS) is 11.8. The highest BCUT2D eigenvalue weighted by Crippen LogP contribution is 2.33. The van der Waals surface area contributed by atoms with Crippen LogP contribution in [0, 0.1) is 0 Å². The van der Waals surface area contributed by atoms with Crippen LogP contribution in [0.4, 0.5) is 0 Å². The van der Waals surface area contributed by atoms with Crippen molar-refractivity contribution in [1.29, 1.82) is 0 Å². The third kappa shape index (κ3) is 3.23. The van der Waals surface area contributed by atoms with Gasteiger partial charge in [-0.15, -0.1) is 11.6 Å². The molecule has 98 valence electrons. The van der Waals surface area contributed by atoms with Crippen LogP contribution in [0.1, 0.15) is 10.4 Å². The van der Waals surface area contributed by atoms with Gasteiger partial charge in [0, 0.05) is 0 Å². The molecule has 0 bridgehead atoms. The molecule has 0 saturated heterocycles. The van der Waals surface area contributed by atoms with Gasteiger partial charge < -0.3 is 9.47 Å². The van der Waals surface area contributed by atoms with Crippen molar-refractivity contribution in [3.63, 3.8) is 0 Å². The number of rotatable bonds is 6. The first-order valence-electron chi connectivity index (χ1n) is 5.04. The number of carbonyl (C=O) groups excluding carboxylic acids is 2. The molecule has 0 saturated carbocycles. The molecule has 1 aromatic carbocycles. The number of carbonyl (C=O) groups is 2. The average Bonchev–Trinajstić information content (AvgIpc) is 2.43. The minimum Gasteiger partial charge on any atom is -0.493 e. The molecule has 0 heterocycles. The molecule has 0 fully saturated rings. The van der Waals surface area contributed by atoms with Crippen LogP contribution >= 0.6 is 27.5 Å². The summed E-state index contributed by atoms with van der Waals surface area (Å²) in [5, 5.41) is 0. The van der Waals surface area contributed by atoms with Crippen LogP contribution in [0.3, 0.4) is 0 Å². The van der Waals surface area contributed by atoms with E-state index >= 15 is 0 Å². The zero-order valence-corrected chi connectivity index (χ0v) is 12.2. The summed E-state index contributed by atoms with van der Waals surface area (Å²) in [7, 11) is 3.02. The predicted molar refractivity (Wildman–Crippen MR) is 71.9 cm³/mol. The van der Waals surface area contributed by atoms with Crippen LogP contribution in [0.15, 0.2) is 18.2 Å². The van der Waals surface area contributed by atoms with E-state index in [0.29, 0.717) is 17.1 Å². The Morgan fingerprint density at radius 2 is 1.89 bits per heavy atom. The van der Waals surface area contributed by atoms with Gasteiger partial charge >= 0.3 is 0 Å². The maximum atomic E-state index is 11.7. The molecule has 4 nitrogen and oxygen atoms in total.